The molecule has 3 amide bonds. The Labute approximate surface area is 223 Å². The van der Waals surface area contributed by atoms with Gasteiger partial charge in [-0.05, 0) is 47.9 Å². The number of alkyl carbamates (subject to hydrolysis) is 1. The van der Waals surface area contributed by atoms with Gasteiger partial charge in [0.15, 0.2) is 0 Å². The van der Waals surface area contributed by atoms with Crippen LogP contribution in [-0.4, -0.2) is 36.3 Å². The van der Waals surface area contributed by atoms with Crippen molar-refractivity contribution in [2.24, 2.45) is 11.8 Å². The van der Waals surface area contributed by atoms with E-state index < -0.39 is 41.9 Å². The summed E-state index contributed by atoms with van der Waals surface area (Å²) in [7, 11) is 0. The first-order valence-electron chi connectivity index (χ1n) is 12.9. The smallest absolute Gasteiger partial charge is 0.408 e. The fourth-order valence-corrected chi connectivity index (χ4v) is 3.93. The van der Waals surface area contributed by atoms with Crippen LogP contribution in [0.4, 0.5) is 9.18 Å². The summed E-state index contributed by atoms with van der Waals surface area (Å²) in [6.07, 6.45) is 0.605. The molecule has 0 aliphatic carbocycles. The highest BCUT2D eigenvalue weighted by molar-refractivity contribution is 5.91. The number of amides is 3. The predicted octanol–water partition coefficient (Wildman–Crippen LogP) is 4.44. The quantitative estimate of drug-likeness (QED) is 0.314. The summed E-state index contributed by atoms with van der Waals surface area (Å²) in [5.74, 6) is -1.27. The van der Waals surface area contributed by atoms with E-state index in [1.165, 1.54) is 24.3 Å². The normalized spacial score (nSPS) is 13.3. The van der Waals surface area contributed by atoms with Crippen molar-refractivity contribution in [1.82, 2.24) is 16.0 Å². The number of halogens is 1. The van der Waals surface area contributed by atoms with Gasteiger partial charge >= 0.3 is 6.09 Å². The molecule has 1 unspecified atom stereocenters. The van der Waals surface area contributed by atoms with Crippen LogP contribution in [0.1, 0.15) is 64.1 Å². The Hall–Kier alpha value is -3.75. The zero-order valence-corrected chi connectivity index (χ0v) is 22.4. The lowest BCUT2D eigenvalue weighted by molar-refractivity contribution is -0.131. The molecule has 38 heavy (non-hydrogen) atoms. The number of benzene rings is 2. The van der Waals surface area contributed by atoms with E-state index in [-0.39, 0.29) is 24.9 Å². The monoisotopic (exact) mass is 527 g/mol. The van der Waals surface area contributed by atoms with Crippen molar-refractivity contribution >= 4 is 24.2 Å². The first-order valence-corrected chi connectivity index (χ1v) is 12.9. The van der Waals surface area contributed by atoms with Gasteiger partial charge in [0, 0.05) is 6.42 Å². The SMILES string of the molecule is CC(C)C[C@H](NC(=O)OCc1ccccc1)C(=O)N[C@@H](CC(C)C)C(=O)NC(CC=O)c1ccc(F)cc1. The molecule has 8 nitrogen and oxygen atoms in total. The van der Waals surface area contributed by atoms with E-state index in [4.69, 9.17) is 4.74 Å². The van der Waals surface area contributed by atoms with E-state index in [0.29, 0.717) is 24.7 Å². The number of ether oxygens (including phenoxy) is 1. The first kappa shape index (κ1) is 30.5. The molecule has 0 aliphatic heterocycles. The summed E-state index contributed by atoms with van der Waals surface area (Å²) < 4.78 is 18.6. The fourth-order valence-electron chi connectivity index (χ4n) is 3.93. The molecule has 206 valence electrons. The van der Waals surface area contributed by atoms with Crippen LogP contribution in [0, 0.1) is 17.7 Å². The van der Waals surface area contributed by atoms with Crippen molar-refractivity contribution in [3.8, 4) is 0 Å². The number of carbonyl (C=O) groups is 4. The molecule has 0 saturated carbocycles. The van der Waals surface area contributed by atoms with E-state index in [1.807, 2.05) is 58.0 Å². The van der Waals surface area contributed by atoms with Crippen LogP contribution in [0.2, 0.25) is 0 Å². The molecule has 2 aromatic rings. The molecule has 0 spiro atoms. The maximum absolute atomic E-state index is 13.4. The average Bonchev–Trinajstić information content (AvgIpc) is 2.87. The Morgan fingerprint density at radius 2 is 1.37 bits per heavy atom. The van der Waals surface area contributed by atoms with Crippen molar-refractivity contribution in [3.63, 3.8) is 0 Å². The molecule has 0 saturated heterocycles. The lowest BCUT2D eigenvalue weighted by Crippen LogP contribution is -2.54. The number of carbonyl (C=O) groups excluding carboxylic acids is 4. The van der Waals surface area contributed by atoms with Crippen LogP contribution in [0.15, 0.2) is 54.6 Å². The van der Waals surface area contributed by atoms with Gasteiger partial charge in [-0.25, -0.2) is 9.18 Å². The fraction of sp³-hybridized carbons (Fsp3) is 0.448. The number of hydrogen-bond donors (Lipinski definition) is 3. The van der Waals surface area contributed by atoms with Gasteiger partial charge in [0.2, 0.25) is 11.8 Å². The molecular weight excluding hydrogens is 489 g/mol. The average molecular weight is 528 g/mol. The van der Waals surface area contributed by atoms with Crippen LogP contribution in [0.3, 0.4) is 0 Å². The van der Waals surface area contributed by atoms with Gasteiger partial charge in [-0.1, -0.05) is 70.2 Å². The lowest BCUT2D eigenvalue weighted by atomic mass is 9.99. The van der Waals surface area contributed by atoms with Gasteiger partial charge in [-0.15, -0.1) is 0 Å². The van der Waals surface area contributed by atoms with E-state index in [2.05, 4.69) is 16.0 Å². The van der Waals surface area contributed by atoms with Crippen molar-refractivity contribution in [1.29, 1.82) is 0 Å². The van der Waals surface area contributed by atoms with Crippen molar-refractivity contribution in [2.75, 3.05) is 0 Å². The van der Waals surface area contributed by atoms with Crippen molar-refractivity contribution < 1.29 is 28.3 Å². The number of nitrogens with one attached hydrogen (secondary N) is 3. The van der Waals surface area contributed by atoms with Gasteiger partial charge in [0.05, 0.1) is 6.04 Å². The second-order valence-corrected chi connectivity index (χ2v) is 10.1. The Morgan fingerprint density at radius 3 is 1.92 bits per heavy atom. The van der Waals surface area contributed by atoms with E-state index in [0.717, 1.165) is 5.56 Å². The minimum absolute atomic E-state index is 0.00942. The van der Waals surface area contributed by atoms with Gasteiger partial charge in [0.25, 0.3) is 0 Å². The summed E-state index contributed by atoms with van der Waals surface area (Å²) in [5, 5.41) is 8.20. The molecule has 3 atom stereocenters. The molecule has 0 fully saturated rings. The van der Waals surface area contributed by atoms with Gasteiger partial charge < -0.3 is 25.5 Å². The molecule has 2 rings (SSSR count). The Balaban J connectivity index is 2.10. The minimum Gasteiger partial charge on any atom is -0.445 e. The Kier molecular flexibility index (Phi) is 12.4. The van der Waals surface area contributed by atoms with Crippen LogP contribution < -0.4 is 16.0 Å². The third-order valence-corrected chi connectivity index (χ3v) is 5.79. The third kappa shape index (κ3) is 10.7. The third-order valence-electron chi connectivity index (χ3n) is 5.79. The van der Waals surface area contributed by atoms with Crippen LogP contribution >= 0.6 is 0 Å². The lowest BCUT2D eigenvalue weighted by Gasteiger charge is -2.26. The maximum atomic E-state index is 13.4. The zero-order valence-electron chi connectivity index (χ0n) is 22.4. The van der Waals surface area contributed by atoms with E-state index in [9.17, 15) is 23.6 Å². The Morgan fingerprint density at radius 1 is 0.816 bits per heavy atom. The molecule has 0 bridgehead atoms. The van der Waals surface area contributed by atoms with E-state index >= 15 is 0 Å². The number of rotatable bonds is 14. The highest BCUT2D eigenvalue weighted by Gasteiger charge is 2.29. The van der Waals surface area contributed by atoms with Gasteiger partial charge in [-0.3, -0.25) is 9.59 Å². The summed E-state index contributed by atoms with van der Waals surface area (Å²) in [6, 6.07) is 12.2. The van der Waals surface area contributed by atoms with Gasteiger partial charge in [0.1, 0.15) is 30.8 Å². The second-order valence-electron chi connectivity index (χ2n) is 10.1. The molecule has 0 aromatic heterocycles. The van der Waals surface area contributed by atoms with E-state index in [1.54, 1.807) is 0 Å². The van der Waals surface area contributed by atoms with Crippen molar-refractivity contribution in [3.05, 3.63) is 71.5 Å². The predicted molar refractivity (Wildman–Crippen MR) is 142 cm³/mol. The maximum Gasteiger partial charge on any atom is 0.408 e. The summed E-state index contributed by atoms with van der Waals surface area (Å²) >= 11 is 0. The molecule has 9 heteroatoms. The van der Waals surface area contributed by atoms with Crippen LogP contribution in [-0.2, 0) is 25.7 Å². The first-order chi connectivity index (χ1) is 18.1. The molecule has 0 radical (unpaired) electrons. The molecular formula is C29H38FN3O5. The van der Waals surface area contributed by atoms with Crippen LogP contribution in [0.25, 0.3) is 0 Å². The molecule has 2 aromatic carbocycles. The molecule has 0 heterocycles. The summed E-state index contributed by atoms with van der Waals surface area (Å²) in [5.41, 5.74) is 1.38. The summed E-state index contributed by atoms with van der Waals surface area (Å²) in [4.78, 5) is 50.2. The topological polar surface area (TPSA) is 114 Å². The minimum atomic E-state index is -0.913. The van der Waals surface area contributed by atoms with Crippen LogP contribution in [0.5, 0.6) is 0 Å². The number of aldehydes is 1. The molecule has 3 N–H and O–H groups in total. The second kappa shape index (κ2) is 15.5. The highest BCUT2D eigenvalue weighted by Crippen LogP contribution is 2.18. The Bertz CT molecular complexity index is 1040. The van der Waals surface area contributed by atoms with Crippen molar-refractivity contribution in [2.45, 2.75) is 71.7 Å². The standard InChI is InChI=1S/C29H38FN3O5/c1-19(2)16-25(27(35)31-24(14-15-34)22-10-12-23(30)13-11-22)32-28(36)26(17-20(3)4)33-29(37)38-18-21-8-6-5-7-9-21/h5-13,15,19-20,24-26H,14,16-18H2,1-4H3,(H,31,35)(H,32,36)(H,33,37)/t24?,25-,26-/m0/s1. The van der Waals surface area contributed by atoms with Gasteiger partial charge in [-0.2, -0.15) is 0 Å². The zero-order chi connectivity index (χ0) is 28.1. The number of hydrogen-bond acceptors (Lipinski definition) is 5. The highest BCUT2D eigenvalue weighted by atomic mass is 19.1. The largest absolute Gasteiger partial charge is 0.445 e. The summed E-state index contributed by atoms with van der Waals surface area (Å²) in [6.45, 7) is 7.73. The molecule has 0 aliphatic rings.